The first-order valence-electron chi connectivity index (χ1n) is 6.12. The summed E-state index contributed by atoms with van der Waals surface area (Å²) in [4.78, 5) is 15.1. The summed E-state index contributed by atoms with van der Waals surface area (Å²) in [6.07, 6.45) is -2.84. The maximum atomic E-state index is 12.6. The number of rotatable bonds is 4. The highest BCUT2D eigenvalue weighted by Crippen LogP contribution is 2.23. The Bertz CT molecular complexity index is 678. The molecule has 0 saturated heterocycles. The summed E-state index contributed by atoms with van der Waals surface area (Å²) in [7, 11) is 0. The van der Waals surface area contributed by atoms with E-state index in [-0.39, 0.29) is 12.1 Å². The van der Waals surface area contributed by atoms with Gasteiger partial charge in [-0.2, -0.15) is 5.26 Å². The normalized spacial score (nSPS) is 10.2. The van der Waals surface area contributed by atoms with E-state index >= 15 is 0 Å². The van der Waals surface area contributed by atoms with Gasteiger partial charge in [-0.25, -0.2) is 13.8 Å². The third-order valence-corrected chi connectivity index (χ3v) is 2.70. The fourth-order valence-corrected chi connectivity index (χ4v) is 1.74. The monoisotopic (exact) mass is 287 g/mol. The Hall–Kier alpha value is -2.81. The predicted molar refractivity (Wildman–Crippen MR) is 73.5 cm³/mol. The van der Waals surface area contributed by atoms with Crippen molar-refractivity contribution in [3.05, 3.63) is 48.2 Å². The van der Waals surface area contributed by atoms with Crippen LogP contribution in [0.4, 0.5) is 14.5 Å². The number of benzene rings is 1. The van der Waals surface area contributed by atoms with E-state index < -0.39 is 12.3 Å². The minimum atomic E-state index is -2.62. The van der Waals surface area contributed by atoms with Crippen LogP contribution >= 0.6 is 0 Å². The summed E-state index contributed by atoms with van der Waals surface area (Å²) in [5, 5.41) is 10.9. The summed E-state index contributed by atoms with van der Waals surface area (Å²) in [6.45, 7) is 0. The van der Waals surface area contributed by atoms with Crippen LogP contribution in [-0.4, -0.2) is 10.9 Å². The van der Waals surface area contributed by atoms with Crippen molar-refractivity contribution in [2.45, 2.75) is 12.8 Å². The second-order valence-electron chi connectivity index (χ2n) is 4.21. The lowest BCUT2D eigenvalue weighted by atomic mass is 10.1. The number of hydrogen-bond donors (Lipinski definition) is 1. The van der Waals surface area contributed by atoms with Crippen molar-refractivity contribution < 1.29 is 13.6 Å². The van der Waals surface area contributed by atoms with Crippen LogP contribution in [0.5, 0.6) is 0 Å². The SMILES string of the molecule is N#CCC(=O)Nc1ccc(-c2cccc(C(F)F)n2)cc1. The zero-order chi connectivity index (χ0) is 15.2. The third-order valence-electron chi connectivity index (χ3n) is 2.70. The highest BCUT2D eigenvalue weighted by molar-refractivity contribution is 5.92. The van der Waals surface area contributed by atoms with Crippen LogP contribution in [0.15, 0.2) is 42.5 Å². The van der Waals surface area contributed by atoms with Crippen LogP contribution in [0, 0.1) is 11.3 Å². The molecule has 1 aromatic carbocycles. The van der Waals surface area contributed by atoms with Crippen molar-refractivity contribution >= 4 is 11.6 Å². The highest BCUT2D eigenvalue weighted by atomic mass is 19.3. The molecule has 106 valence electrons. The number of carbonyl (C=O) groups is 1. The number of halogens is 2. The first-order valence-corrected chi connectivity index (χ1v) is 6.12. The fourth-order valence-electron chi connectivity index (χ4n) is 1.74. The Balaban J connectivity index is 2.17. The van der Waals surface area contributed by atoms with Gasteiger partial charge in [-0.3, -0.25) is 4.79 Å². The van der Waals surface area contributed by atoms with Crippen molar-refractivity contribution in [3.8, 4) is 17.3 Å². The van der Waals surface area contributed by atoms with Gasteiger partial charge < -0.3 is 5.32 Å². The van der Waals surface area contributed by atoms with Crippen LogP contribution in [0.3, 0.4) is 0 Å². The standard InChI is InChI=1S/C15H11F2N3O/c16-15(17)13-3-1-2-12(20-13)10-4-6-11(7-5-10)19-14(21)8-9-18/h1-7,15H,8H2,(H,19,21). The number of amides is 1. The Labute approximate surface area is 120 Å². The van der Waals surface area contributed by atoms with Gasteiger partial charge in [0.2, 0.25) is 5.91 Å². The minimum Gasteiger partial charge on any atom is -0.325 e. The molecule has 1 amide bonds. The third kappa shape index (κ3) is 3.83. The second kappa shape index (κ2) is 6.57. The Morgan fingerprint density at radius 2 is 1.95 bits per heavy atom. The lowest BCUT2D eigenvalue weighted by Gasteiger charge is -2.06. The van der Waals surface area contributed by atoms with Crippen LogP contribution in [-0.2, 0) is 4.79 Å². The molecular weight excluding hydrogens is 276 g/mol. The van der Waals surface area contributed by atoms with E-state index in [4.69, 9.17) is 5.26 Å². The molecule has 0 unspecified atom stereocenters. The van der Waals surface area contributed by atoms with Gasteiger partial charge in [-0.15, -0.1) is 0 Å². The van der Waals surface area contributed by atoms with E-state index in [1.165, 1.54) is 12.1 Å². The number of nitrogens with one attached hydrogen (secondary N) is 1. The lowest BCUT2D eigenvalue weighted by molar-refractivity contribution is -0.115. The quantitative estimate of drug-likeness (QED) is 0.935. The fraction of sp³-hybridized carbons (Fsp3) is 0.133. The molecule has 21 heavy (non-hydrogen) atoms. The van der Waals surface area contributed by atoms with E-state index in [1.807, 2.05) is 0 Å². The van der Waals surface area contributed by atoms with Crippen molar-refractivity contribution in [3.63, 3.8) is 0 Å². The number of pyridine rings is 1. The number of nitrogens with zero attached hydrogens (tertiary/aromatic N) is 2. The van der Waals surface area contributed by atoms with Gasteiger partial charge in [0.05, 0.1) is 11.8 Å². The molecule has 0 radical (unpaired) electrons. The molecule has 1 N–H and O–H groups in total. The molecule has 2 rings (SSSR count). The number of alkyl halides is 2. The molecule has 0 aliphatic rings. The molecule has 6 heteroatoms. The average Bonchev–Trinajstić information content (AvgIpc) is 2.48. The van der Waals surface area contributed by atoms with Gasteiger partial charge in [0, 0.05) is 11.3 Å². The van der Waals surface area contributed by atoms with Crippen molar-refractivity contribution in [2.24, 2.45) is 0 Å². The summed E-state index contributed by atoms with van der Waals surface area (Å²) in [5.74, 6) is -0.400. The first-order chi connectivity index (χ1) is 10.1. The predicted octanol–water partition coefficient (Wildman–Crippen LogP) is 3.54. The second-order valence-corrected chi connectivity index (χ2v) is 4.21. The molecule has 0 aliphatic heterocycles. The molecule has 1 heterocycles. The minimum absolute atomic E-state index is 0.222. The molecule has 1 aromatic heterocycles. The molecule has 0 fully saturated rings. The van der Waals surface area contributed by atoms with Crippen LogP contribution < -0.4 is 5.32 Å². The number of carbonyl (C=O) groups excluding carboxylic acids is 1. The first kappa shape index (κ1) is 14.6. The van der Waals surface area contributed by atoms with Crippen LogP contribution in [0.25, 0.3) is 11.3 Å². The molecule has 0 saturated carbocycles. The summed E-state index contributed by atoms with van der Waals surface area (Å²) < 4.78 is 25.2. The molecule has 2 aromatic rings. The molecular formula is C15H11F2N3O. The van der Waals surface area contributed by atoms with E-state index in [0.717, 1.165) is 0 Å². The molecule has 0 spiro atoms. The number of nitriles is 1. The van der Waals surface area contributed by atoms with Crippen LogP contribution in [0.1, 0.15) is 18.5 Å². The summed E-state index contributed by atoms with van der Waals surface area (Å²) in [6, 6.07) is 12.8. The number of anilines is 1. The van der Waals surface area contributed by atoms with Crippen molar-refractivity contribution in [2.75, 3.05) is 5.32 Å². The van der Waals surface area contributed by atoms with Gasteiger partial charge in [0.25, 0.3) is 6.43 Å². The molecule has 4 nitrogen and oxygen atoms in total. The largest absolute Gasteiger partial charge is 0.325 e. The Kier molecular flexibility index (Phi) is 4.57. The van der Waals surface area contributed by atoms with E-state index in [2.05, 4.69) is 10.3 Å². The van der Waals surface area contributed by atoms with Gasteiger partial charge in [0.1, 0.15) is 12.1 Å². The molecule has 0 bridgehead atoms. The van der Waals surface area contributed by atoms with Crippen molar-refractivity contribution in [1.29, 1.82) is 5.26 Å². The highest BCUT2D eigenvalue weighted by Gasteiger charge is 2.10. The van der Waals surface area contributed by atoms with E-state index in [1.54, 1.807) is 36.4 Å². The molecule has 0 atom stereocenters. The summed E-state index contributed by atoms with van der Waals surface area (Å²) in [5.41, 5.74) is 1.35. The molecule has 0 aliphatic carbocycles. The topological polar surface area (TPSA) is 65.8 Å². The average molecular weight is 287 g/mol. The van der Waals surface area contributed by atoms with Crippen molar-refractivity contribution in [1.82, 2.24) is 4.98 Å². The summed E-state index contributed by atoms with van der Waals surface area (Å²) >= 11 is 0. The zero-order valence-corrected chi connectivity index (χ0v) is 10.9. The maximum absolute atomic E-state index is 12.6. The lowest BCUT2D eigenvalue weighted by Crippen LogP contribution is -2.09. The van der Waals surface area contributed by atoms with Gasteiger partial charge in [-0.1, -0.05) is 18.2 Å². The Morgan fingerprint density at radius 3 is 2.57 bits per heavy atom. The van der Waals surface area contributed by atoms with Crippen LogP contribution in [0.2, 0.25) is 0 Å². The van der Waals surface area contributed by atoms with Gasteiger partial charge in [0.15, 0.2) is 0 Å². The van der Waals surface area contributed by atoms with Gasteiger partial charge >= 0.3 is 0 Å². The van der Waals surface area contributed by atoms with E-state index in [9.17, 15) is 13.6 Å². The maximum Gasteiger partial charge on any atom is 0.280 e. The van der Waals surface area contributed by atoms with Gasteiger partial charge in [-0.05, 0) is 24.3 Å². The zero-order valence-electron chi connectivity index (χ0n) is 10.9. The number of hydrogen-bond acceptors (Lipinski definition) is 3. The Morgan fingerprint density at radius 1 is 1.24 bits per heavy atom. The number of aromatic nitrogens is 1. The van der Waals surface area contributed by atoms with E-state index in [0.29, 0.717) is 16.9 Å². The smallest absolute Gasteiger partial charge is 0.280 e.